The summed E-state index contributed by atoms with van der Waals surface area (Å²) in [5, 5.41) is 7.31. The Morgan fingerprint density at radius 3 is 2.85 bits per heavy atom. The van der Waals surface area contributed by atoms with E-state index in [0.29, 0.717) is 18.8 Å². The van der Waals surface area contributed by atoms with Gasteiger partial charge in [-0.2, -0.15) is 5.10 Å². The third-order valence-electron chi connectivity index (χ3n) is 4.45. The number of hydrogen-bond donors (Lipinski definition) is 1. The van der Waals surface area contributed by atoms with Gasteiger partial charge in [-0.05, 0) is 35.9 Å². The fourth-order valence-electron chi connectivity index (χ4n) is 3.12. The lowest BCUT2D eigenvalue weighted by atomic mass is 10.2. The van der Waals surface area contributed by atoms with Gasteiger partial charge < -0.3 is 14.8 Å². The number of fused-ring (bicyclic) bond motifs is 1. The van der Waals surface area contributed by atoms with E-state index in [1.54, 1.807) is 19.5 Å². The van der Waals surface area contributed by atoms with Crippen molar-refractivity contribution in [3.05, 3.63) is 71.8 Å². The summed E-state index contributed by atoms with van der Waals surface area (Å²) in [5.41, 5.74) is 2.40. The van der Waals surface area contributed by atoms with Crippen LogP contribution in [0, 0.1) is 0 Å². The first-order valence-electron chi connectivity index (χ1n) is 8.76. The Morgan fingerprint density at radius 1 is 1.22 bits per heavy atom. The molecule has 3 heterocycles. The molecule has 0 spiro atoms. The standard InChI is InChI=1S/C20H20N4O3/c1-26-17-4-2-3-14(9-17)12-22-20(25)19-11-15-10-18(13-24(15)23-19)27-16-5-7-21-8-6-16/h2-9,11,18H,10,12-13H2,1H3,(H,22,25)/t18-/m0/s1. The Labute approximate surface area is 156 Å². The number of rotatable bonds is 6. The summed E-state index contributed by atoms with van der Waals surface area (Å²) >= 11 is 0. The van der Waals surface area contributed by atoms with Crippen LogP contribution in [0.25, 0.3) is 0 Å². The normalized spacial score (nSPS) is 15.2. The van der Waals surface area contributed by atoms with Gasteiger partial charge in [0.25, 0.3) is 5.91 Å². The van der Waals surface area contributed by atoms with Crippen LogP contribution in [0.4, 0.5) is 0 Å². The second kappa shape index (κ2) is 7.49. The Hall–Kier alpha value is -3.35. The molecule has 7 nitrogen and oxygen atoms in total. The first kappa shape index (κ1) is 17.1. The highest BCUT2D eigenvalue weighted by Crippen LogP contribution is 2.21. The van der Waals surface area contributed by atoms with Gasteiger partial charge in [0.2, 0.25) is 0 Å². The first-order chi connectivity index (χ1) is 13.2. The van der Waals surface area contributed by atoms with Crippen LogP contribution in [0.1, 0.15) is 21.7 Å². The minimum Gasteiger partial charge on any atom is -0.497 e. The van der Waals surface area contributed by atoms with Crippen LogP contribution in [-0.2, 0) is 19.5 Å². The molecule has 0 saturated carbocycles. The van der Waals surface area contributed by atoms with E-state index in [0.717, 1.165) is 29.2 Å². The average Bonchev–Trinajstić information content (AvgIpc) is 3.26. The second-order valence-electron chi connectivity index (χ2n) is 6.36. The van der Waals surface area contributed by atoms with Crippen molar-refractivity contribution in [1.29, 1.82) is 0 Å². The summed E-state index contributed by atoms with van der Waals surface area (Å²) in [7, 11) is 1.62. The van der Waals surface area contributed by atoms with Crippen LogP contribution >= 0.6 is 0 Å². The number of ether oxygens (including phenoxy) is 2. The predicted octanol–water partition coefficient (Wildman–Crippen LogP) is 2.22. The Morgan fingerprint density at radius 2 is 2.07 bits per heavy atom. The fourth-order valence-corrected chi connectivity index (χ4v) is 3.12. The van der Waals surface area contributed by atoms with Crippen molar-refractivity contribution in [2.24, 2.45) is 0 Å². The van der Waals surface area contributed by atoms with Crippen LogP contribution in [0.3, 0.4) is 0 Å². The molecule has 0 aliphatic carbocycles. The van der Waals surface area contributed by atoms with E-state index < -0.39 is 0 Å². The smallest absolute Gasteiger partial charge is 0.272 e. The van der Waals surface area contributed by atoms with Gasteiger partial charge in [0, 0.05) is 31.1 Å². The van der Waals surface area contributed by atoms with Crippen LogP contribution in [0.2, 0.25) is 0 Å². The maximum Gasteiger partial charge on any atom is 0.272 e. The van der Waals surface area contributed by atoms with Gasteiger partial charge in [-0.3, -0.25) is 14.5 Å². The highest BCUT2D eigenvalue weighted by atomic mass is 16.5. The summed E-state index contributed by atoms with van der Waals surface area (Å²) in [5.74, 6) is 1.37. The summed E-state index contributed by atoms with van der Waals surface area (Å²) in [6, 6.07) is 13.1. The van der Waals surface area contributed by atoms with E-state index in [2.05, 4.69) is 15.4 Å². The zero-order valence-corrected chi connectivity index (χ0v) is 15.0. The third-order valence-corrected chi connectivity index (χ3v) is 4.45. The van der Waals surface area contributed by atoms with Crippen LogP contribution in [0.5, 0.6) is 11.5 Å². The zero-order chi connectivity index (χ0) is 18.6. The van der Waals surface area contributed by atoms with Crippen molar-refractivity contribution in [2.45, 2.75) is 25.6 Å². The predicted molar refractivity (Wildman–Crippen MR) is 98.7 cm³/mol. The minimum absolute atomic E-state index is 0.0174. The summed E-state index contributed by atoms with van der Waals surface area (Å²) in [6.07, 6.45) is 4.14. The molecule has 1 amide bonds. The monoisotopic (exact) mass is 364 g/mol. The largest absolute Gasteiger partial charge is 0.497 e. The van der Waals surface area contributed by atoms with E-state index in [-0.39, 0.29) is 12.0 Å². The number of hydrogen-bond acceptors (Lipinski definition) is 5. The van der Waals surface area contributed by atoms with Gasteiger partial charge in [-0.1, -0.05) is 12.1 Å². The third kappa shape index (κ3) is 3.92. The van der Waals surface area contributed by atoms with Gasteiger partial charge >= 0.3 is 0 Å². The first-order valence-corrected chi connectivity index (χ1v) is 8.76. The number of benzene rings is 1. The second-order valence-corrected chi connectivity index (χ2v) is 6.36. The molecule has 0 fully saturated rings. The van der Waals surface area contributed by atoms with Crippen molar-refractivity contribution in [1.82, 2.24) is 20.1 Å². The molecule has 3 aromatic rings. The van der Waals surface area contributed by atoms with E-state index in [1.807, 2.05) is 47.1 Å². The minimum atomic E-state index is -0.189. The van der Waals surface area contributed by atoms with Gasteiger partial charge in [-0.15, -0.1) is 0 Å². The number of pyridine rings is 1. The topological polar surface area (TPSA) is 78.3 Å². The Bertz CT molecular complexity index is 916. The molecule has 1 atom stereocenters. The van der Waals surface area contributed by atoms with Gasteiger partial charge in [0.1, 0.15) is 23.3 Å². The molecule has 7 heteroatoms. The molecule has 4 rings (SSSR count). The van der Waals surface area contributed by atoms with Crippen molar-refractivity contribution >= 4 is 5.91 Å². The number of nitrogens with zero attached hydrogens (tertiary/aromatic N) is 3. The molecule has 27 heavy (non-hydrogen) atoms. The molecular formula is C20H20N4O3. The molecule has 2 aromatic heterocycles. The molecule has 0 radical (unpaired) electrons. The van der Waals surface area contributed by atoms with Gasteiger partial charge in [-0.25, -0.2) is 0 Å². The molecule has 1 aromatic carbocycles. The maximum absolute atomic E-state index is 12.4. The average molecular weight is 364 g/mol. The van der Waals surface area contributed by atoms with Crippen LogP contribution < -0.4 is 14.8 Å². The van der Waals surface area contributed by atoms with Crippen LogP contribution in [0.15, 0.2) is 54.9 Å². The number of aromatic nitrogens is 3. The van der Waals surface area contributed by atoms with Crippen molar-refractivity contribution < 1.29 is 14.3 Å². The molecule has 1 N–H and O–H groups in total. The lowest BCUT2D eigenvalue weighted by Crippen LogP contribution is -2.24. The zero-order valence-electron chi connectivity index (χ0n) is 15.0. The molecule has 1 aliphatic heterocycles. The summed E-state index contributed by atoms with van der Waals surface area (Å²) < 4.78 is 13.0. The molecule has 0 bridgehead atoms. The highest BCUT2D eigenvalue weighted by Gasteiger charge is 2.26. The molecule has 1 aliphatic rings. The van der Waals surface area contributed by atoms with E-state index in [9.17, 15) is 4.79 Å². The van der Waals surface area contributed by atoms with Crippen molar-refractivity contribution in [2.75, 3.05) is 7.11 Å². The van der Waals surface area contributed by atoms with E-state index >= 15 is 0 Å². The van der Waals surface area contributed by atoms with Crippen molar-refractivity contribution in [3.8, 4) is 11.5 Å². The van der Waals surface area contributed by atoms with Gasteiger partial charge in [0.05, 0.1) is 13.7 Å². The lowest BCUT2D eigenvalue weighted by Gasteiger charge is -2.12. The van der Waals surface area contributed by atoms with E-state index in [4.69, 9.17) is 9.47 Å². The Kier molecular flexibility index (Phi) is 4.74. The number of carbonyl (C=O) groups is 1. The number of carbonyl (C=O) groups excluding carboxylic acids is 1. The van der Waals surface area contributed by atoms with Crippen LogP contribution in [-0.4, -0.2) is 33.9 Å². The van der Waals surface area contributed by atoms with Crippen molar-refractivity contribution in [3.63, 3.8) is 0 Å². The lowest BCUT2D eigenvalue weighted by molar-refractivity contribution is 0.0944. The Balaban J connectivity index is 1.34. The molecule has 0 unspecified atom stereocenters. The fraction of sp³-hybridized carbons (Fsp3) is 0.250. The number of methoxy groups -OCH3 is 1. The number of nitrogens with one attached hydrogen (secondary N) is 1. The van der Waals surface area contributed by atoms with Gasteiger partial charge in [0.15, 0.2) is 0 Å². The maximum atomic E-state index is 12.4. The highest BCUT2D eigenvalue weighted by molar-refractivity contribution is 5.92. The molecule has 138 valence electrons. The number of amides is 1. The summed E-state index contributed by atoms with van der Waals surface area (Å²) in [4.78, 5) is 16.4. The SMILES string of the molecule is COc1cccc(CNC(=O)c2cc3n(n2)C[C@@H](Oc2ccncc2)C3)c1. The summed E-state index contributed by atoms with van der Waals surface area (Å²) in [6.45, 7) is 1.05. The quantitative estimate of drug-likeness (QED) is 0.726. The molecule has 0 saturated heterocycles. The molecular weight excluding hydrogens is 344 g/mol. The van der Waals surface area contributed by atoms with E-state index in [1.165, 1.54) is 0 Å².